The molecule has 24 heteroatoms. The molecule has 5 heterocycles. The predicted molar refractivity (Wildman–Crippen MR) is 283 cm³/mol. The lowest BCUT2D eigenvalue weighted by Crippen LogP contribution is -2.58. The van der Waals surface area contributed by atoms with Crippen molar-refractivity contribution in [2.24, 2.45) is 0 Å². The molecule has 5 aliphatic heterocycles. The Morgan fingerprint density at radius 3 is 1.37 bits per heavy atom. The highest BCUT2D eigenvalue weighted by molar-refractivity contribution is 5.77. The van der Waals surface area contributed by atoms with E-state index in [2.05, 4.69) is 0 Å². The molecule has 8 aromatic rings. The average Bonchev–Trinajstić information content (AvgIpc) is 1.02. The molecule has 84 heavy (non-hydrogen) atoms. The molecule has 24 nitrogen and oxygen atoms in total. The SMILES string of the molecule is Oc1cc(O)c2c(c1)O[C@H](c1ccc(O)c(O)c1)[C@H](O)[C@H]2c1c(O)c2c(c3c1O[C@]1(c4ccc(O)c(O)c4)Oc4cc(O)cc(O)c4[C@H]3[C@H]1O)O[C@H](c1ccc(O)c(O)c1)[C@H](O)[C@H]2c1c(O)cc(O)c2c1O[C@H](c1ccc(O)c(O)c1)[C@H](O)C2. The van der Waals surface area contributed by atoms with Gasteiger partial charge in [-0.15, -0.1) is 0 Å². The van der Waals surface area contributed by atoms with E-state index in [4.69, 9.17) is 23.7 Å². The van der Waals surface area contributed by atoms with Crippen molar-refractivity contribution in [3.8, 4) is 115 Å². The summed E-state index contributed by atoms with van der Waals surface area (Å²) in [7, 11) is 0. The van der Waals surface area contributed by atoms with E-state index in [0.717, 1.165) is 78.9 Å². The van der Waals surface area contributed by atoms with Crippen LogP contribution in [0.25, 0.3) is 0 Å². The second-order valence-electron chi connectivity index (χ2n) is 21.2. The number of aromatic hydroxyl groups is 15. The minimum atomic E-state index is -2.72. The fourth-order valence-electron chi connectivity index (χ4n) is 12.6. The van der Waals surface area contributed by atoms with Crippen molar-refractivity contribution in [1.82, 2.24) is 0 Å². The third kappa shape index (κ3) is 7.68. The zero-order valence-corrected chi connectivity index (χ0v) is 42.8. The van der Waals surface area contributed by atoms with Gasteiger partial charge in [0.1, 0.15) is 93.4 Å². The highest BCUT2D eigenvalue weighted by atomic mass is 16.7. The molecular weight excluding hydrogens is 1100 g/mol. The van der Waals surface area contributed by atoms with Crippen LogP contribution >= 0.6 is 0 Å². The summed E-state index contributed by atoms with van der Waals surface area (Å²) in [5.74, 6) is -21.5. The molecule has 0 spiro atoms. The largest absolute Gasteiger partial charge is 0.508 e. The van der Waals surface area contributed by atoms with Crippen molar-refractivity contribution in [2.75, 3.05) is 0 Å². The van der Waals surface area contributed by atoms with Gasteiger partial charge in [-0.2, -0.15) is 0 Å². The number of fused-ring (bicyclic) bond motifs is 10. The minimum absolute atomic E-state index is 0.0527. The fraction of sp³-hybridized carbons (Fsp3) is 0.200. The summed E-state index contributed by atoms with van der Waals surface area (Å²) in [6.07, 6.45) is -13.5. The van der Waals surface area contributed by atoms with Crippen molar-refractivity contribution in [3.05, 3.63) is 164 Å². The number of phenols is 15. The minimum Gasteiger partial charge on any atom is -0.508 e. The van der Waals surface area contributed by atoms with Gasteiger partial charge in [0, 0.05) is 81.3 Å². The van der Waals surface area contributed by atoms with E-state index in [1.165, 1.54) is 24.3 Å². The quantitative estimate of drug-likeness (QED) is 0.0889. The molecule has 0 saturated carbocycles. The Morgan fingerprint density at radius 2 is 0.810 bits per heavy atom. The van der Waals surface area contributed by atoms with E-state index in [-0.39, 0.29) is 39.1 Å². The van der Waals surface area contributed by atoms with Gasteiger partial charge in [0.25, 0.3) is 0 Å². The number of hydrogen-bond acceptors (Lipinski definition) is 24. The van der Waals surface area contributed by atoms with Gasteiger partial charge in [-0.25, -0.2) is 0 Å². The van der Waals surface area contributed by atoms with Crippen molar-refractivity contribution in [3.63, 3.8) is 0 Å². The summed E-state index contributed by atoms with van der Waals surface area (Å²) in [5, 5.41) is 220. The van der Waals surface area contributed by atoms with Gasteiger partial charge in [0.15, 0.2) is 58.2 Å². The van der Waals surface area contributed by atoms with Crippen LogP contribution in [0.4, 0.5) is 0 Å². The number of hydrogen-bond donors (Lipinski definition) is 19. The first kappa shape index (κ1) is 52.9. The van der Waals surface area contributed by atoms with Crippen LogP contribution < -0.4 is 23.7 Å². The number of aliphatic hydroxyl groups is 4. The van der Waals surface area contributed by atoms with Crippen LogP contribution in [0.5, 0.6) is 115 Å². The van der Waals surface area contributed by atoms with Gasteiger partial charge in [0.05, 0.1) is 23.9 Å². The molecule has 8 aromatic carbocycles. The predicted octanol–water partition coefficient (Wildman–Crippen LogP) is 5.69. The van der Waals surface area contributed by atoms with Gasteiger partial charge >= 0.3 is 5.79 Å². The lowest BCUT2D eigenvalue weighted by Gasteiger charge is -2.52. The van der Waals surface area contributed by atoms with Crippen molar-refractivity contribution in [2.45, 2.75) is 72.7 Å². The molecule has 0 aromatic heterocycles. The molecule has 0 fully saturated rings. The first-order valence-electron chi connectivity index (χ1n) is 25.8. The number of benzene rings is 8. The molecule has 2 bridgehead atoms. The van der Waals surface area contributed by atoms with Gasteiger partial charge < -0.3 is 121 Å². The summed E-state index contributed by atoms with van der Waals surface area (Å²) in [6.45, 7) is 0. The van der Waals surface area contributed by atoms with Crippen LogP contribution in [0, 0.1) is 0 Å². The fourth-order valence-corrected chi connectivity index (χ4v) is 12.6. The maximum atomic E-state index is 13.9. The maximum absolute atomic E-state index is 13.9. The number of aliphatic hydroxyl groups excluding tert-OH is 4. The van der Waals surface area contributed by atoms with Crippen molar-refractivity contribution in [1.29, 1.82) is 0 Å². The Labute approximate surface area is 471 Å². The van der Waals surface area contributed by atoms with E-state index in [0.29, 0.717) is 0 Å². The highest BCUT2D eigenvalue weighted by Gasteiger charge is 2.63. The van der Waals surface area contributed by atoms with Gasteiger partial charge in [0.2, 0.25) is 0 Å². The lowest BCUT2D eigenvalue weighted by molar-refractivity contribution is -0.219. The number of ether oxygens (including phenoxy) is 5. The van der Waals surface area contributed by atoms with Crippen LogP contribution in [0.2, 0.25) is 0 Å². The Bertz CT molecular complexity index is 4110. The van der Waals surface area contributed by atoms with Crippen LogP contribution in [0.3, 0.4) is 0 Å². The number of phenolic OH excluding ortho intramolecular Hbond substituents is 15. The average molecular weight is 1150 g/mol. The zero-order chi connectivity index (χ0) is 59.4. The molecule has 0 saturated heterocycles. The van der Waals surface area contributed by atoms with Crippen molar-refractivity contribution < 1.29 is 121 Å². The molecule has 0 radical (unpaired) electrons. The van der Waals surface area contributed by atoms with Gasteiger partial charge in [-0.3, -0.25) is 0 Å². The van der Waals surface area contributed by atoms with E-state index < -0.39 is 210 Å². The maximum Gasteiger partial charge on any atom is 0.305 e. The monoisotopic (exact) mass is 1150 g/mol. The van der Waals surface area contributed by atoms with Crippen LogP contribution in [0.15, 0.2) is 103 Å². The first-order chi connectivity index (χ1) is 40.0. The topological polar surface area (TPSA) is 431 Å². The summed E-state index contributed by atoms with van der Waals surface area (Å²) >= 11 is 0. The Balaban J connectivity index is 1.18. The molecule has 19 N–H and O–H groups in total. The van der Waals surface area contributed by atoms with Gasteiger partial charge in [-0.05, 0) is 71.3 Å². The molecule has 0 aliphatic carbocycles. The van der Waals surface area contributed by atoms with E-state index >= 15 is 0 Å². The third-order valence-electron chi connectivity index (χ3n) is 16.3. The summed E-state index contributed by atoms with van der Waals surface area (Å²) in [4.78, 5) is 0. The first-order valence-corrected chi connectivity index (χ1v) is 25.8. The third-order valence-corrected chi connectivity index (χ3v) is 16.3. The van der Waals surface area contributed by atoms with Crippen molar-refractivity contribution >= 4 is 0 Å². The van der Waals surface area contributed by atoms with E-state index in [1.54, 1.807) is 0 Å². The highest BCUT2D eigenvalue weighted by Crippen LogP contribution is 2.69. The molecule has 0 amide bonds. The van der Waals surface area contributed by atoms with E-state index in [1.807, 2.05) is 0 Å². The Morgan fingerprint density at radius 1 is 0.345 bits per heavy atom. The second kappa shape index (κ2) is 18.6. The molecule has 13 rings (SSSR count). The summed E-state index contributed by atoms with van der Waals surface area (Å²) in [5.41, 5.74) is -3.38. The molecule has 11 atom stereocenters. The second-order valence-corrected chi connectivity index (χ2v) is 21.2. The zero-order valence-electron chi connectivity index (χ0n) is 42.8. The normalized spacial score (nSPS) is 25.1. The van der Waals surface area contributed by atoms with E-state index in [9.17, 15) is 97.0 Å². The molecule has 432 valence electrons. The van der Waals surface area contributed by atoms with Crippen LogP contribution in [-0.2, 0) is 12.2 Å². The number of rotatable bonds is 6. The van der Waals surface area contributed by atoms with Crippen LogP contribution in [-0.4, -0.2) is 121 Å². The molecular formula is C60H48O24. The Kier molecular flexibility index (Phi) is 11.7. The smallest absolute Gasteiger partial charge is 0.305 e. The summed E-state index contributed by atoms with van der Waals surface area (Å²) < 4.78 is 33.2. The van der Waals surface area contributed by atoms with Crippen LogP contribution in [0.1, 0.15) is 97.3 Å². The summed E-state index contributed by atoms with van der Waals surface area (Å²) in [6, 6.07) is 18.0. The Hall–Kier alpha value is -10.4. The lowest BCUT2D eigenvalue weighted by atomic mass is 9.68. The standard InChI is InChI=1S/C60H48O24/c61-23-13-35(72)41-39(15-23)80-54(20-2-6-27(64)32(69)10-20)51(77)44(41)48-50(76)47-45(43-37(74)18-30(67)25-17-38(75)53(81-56(25)43)19-1-5-26(63)31(68)9-19)52(78)55(21-3-7-28(65)33(70)11-21)82-57(47)49-46-42-36(73)14-24(62)16-40(42)83-60(59(46)79,84-58(48)49)22-4-8-29(66)34(71)12-22/h1-16,18,38,44-46,51-55,59,61-79H,17H2/t38-,44-,45+,46-,51-,52-,53-,54-,55-,59-,60+/m1/s1. The molecule has 0 unspecified atom stereocenters. The van der Waals surface area contributed by atoms with Gasteiger partial charge in [-0.1, -0.05) is 18.2 Å². The molecule has 5 aliphatic rings.